The fourth-order valence-corrected chi connectivity index (χ4v) is 1.34. The van der Waals surface area contributed by atoms with Gasteiger partial charge in [-0.15, -0.1) is 0 Å². The molecule has 0 fully saturated rings. The number of nitrogens with two attached hydrogens (primary N) is 1. The van der Waals surface area contributed by atoms with Gasteiger partial charge in [0.2, 0.25) is 0 Å². The van der Waals surface area contributed by atoms with Crippen molar-refractivity contribution in [3.05, 3.63) is 42.2 Å². The molecule has 15 heavy (non-hydrogen) atoms. The Labute approximate surface area is 90.9 Å². The Morgan fingerprint density at radius 3 is 2.67 bits per heavy atom. The molecule has 1 aromatic rings. The largest absolute Gasteiger partial charge is 0.397 e. The van der Waals surface area contributed by atoms with Crippen molar-refractivity contribution in [1.82, 2.24) is 9.88 Å². The van der Waals surface area contributed by atoms with Crippen LogP contribution < -0.4 is 5.73 Å². The van der Waals surface area contributed by atoms with Crippen molar-refractivity contribution in [2.75, 3.05) is 14.1 Å². The molecule has 3 heteroatoms. The van der Waals surface area contributed by atoms with Gasteiger partial charge in [-0.05, 0) is 20.2 Å². The highest BCUT2D eigenvalue weighted by molar-refractivity contribution is 5.67. The van der Waals surface area contributed by atoms with Gasteiger partial charge in [-0.1, -0.05) is 25.3 Å². The second-order valence-electron chi connectivity index (χ2n) is 3.71. The minimum Gasteiger partial charge on any atom is -0.397 e. The molecule has 0 amide bonds. The highest BCUT2D eigenvalue weighted by atomic mass is 15.1. The van der Waals surface area contributed by atoms with Crippen LogP contribution in [-0.4, -0.2) is 24.0 Å². The summed E-state index contributed by atoms with van der Waals surface area (Å²) >= 11 is 0. The van der Waals surface area contributed by atoms with Crippen molar-refractivity contribution in [2.45, 2.75) is 6.54 Å². The molecule has 0 atom stereocenters. The van der Waals surface area contributed by atoms with Gasteiger partial charge < -0.3 is 10.6 Å². The third-order valence-electron chi connectivity index (χ3n) is 1.99. The van der Waals surface area contributed by atoms with E-state index >= 15 is 0 Å². The summed E-state index contributed by atoms with van der Waals surface area (Å²) in [5, 5.41) is 0. The first-order valence-electron chi connectivity index (χ1n) is 4.76. The summed E-state index contributed by atoms with van der Waals surface area (Å²) in [7, 11) is 4.00. The molecule has 80 valence electrons. The summed E-state index contributed by atoms with van der Waals surface area (Å²) in [6, 6.07) is 3.94. The summed E-state index contributed by atoms with van der Waals surface area (Å²) in [6.45, 7) is 8.22. The van der Waals surface area contributed by atoms with Crippen LogP contribution in [0.3, 0.4) is 0 Å². The lowest BCUT2D eigenvalue weighted by atomic mass is 10.1. The van der Waals surface area contributed by atoms with Crippen molar-refractivity contribution in [2.24, 2.45) is 5.73 Å². The van der Waals surface area contributed by atoms with Crippen molar-refractivity contribution in [1.29, 1.82) is 0 Å². The normalized spacial score (nSPS) is 10.3. The molecular formula is C12H17N3. The van der Waals surface area contributed by atoms with Gasteiger partial charge in [0.25, 0.3) is 0 Å². The van der Waals surface area contributed by atoms with Crippen molar-refractivity contribution >= 4 is 11.8 Å². The predicted octanol–water partition coefficient (Wildman–Crippen LogP) is 1.72. The molecule has 0 aliphatic rings. The van der Waals surface area contributed by atoms with Gasteiger partial charge >= 0.3 is 0 Å². The topological polar surface area (TPSA) is 42.2 Å². The predicted molar refractivity (Wildman–Crippen MR) is 64.9 cm³/mol. The lowest BCUT2D eigenvalue weighted by molar-refractivity contribution is 0.396. The Morgan fingerprint density at radius 2 is 2.20 bits per heavy atom. The number of hydrogen-bond donors (Lipinski definition) is 1. The first kappa shape index (κ1) is 11.5. The van der Waals surface area contributed by atoms with E-state index in [1.165, 1.54) is 0 Å². The van der Waals surface area contributed by atoms with E-state index in [-0.39, 0.29) is 0 Å². The lowest BCUT2D eigenvalue weighted by Crippen LogP contribution is -2.13. The maximum Gasteiger partial charge on any atom is 0.0928 e. The van der Waals surface area contributed by atoms with Crippen LogP contribution >= 0.6 is 0 Å². The van der Waals surface area contributed by atoms with Gasteiger partial charge in [0.05, 0.1) is 17.1 Å². The molecule has 1 heterocycles. The van der Waals surface area contributed by atoms with Gasteiger partial charge in [0, 0.05) is 12.1 Å². The fraction of sp³-hybridized carbons (Fsp3) is 0.250. The Bertz CT molecular complexity index is 380. The van der Waals surface area contributed by atoms with E-state index in [0.717, 1.165) is 23.5 Å². The van der Waals surface area contributed by atoms with Crippen molar-refractivity contribution in [3.8, 4) is 0 Å². The highest BCUT2D eigenvalue weighted by Crippen LogP contribution is 2.14. The Kier molecular flexibility index (Phi) is 3.63. The second kappa shape index (κ2) is 4.75. The smallest absolute Gasteiger partial charge is 0.0928 e. The molecule has 0 saturated carbocycles. The summed E-state index contributed by atoms with van der Waals surface area (Å²) < 4.78 is 0. The Hall–Kier alpha value is -1.61. The average molecular weight is 203 g/mol. The zero-order valence-corrected chi connectivity index (χ0v) is 9.33. The molecule has 0 aliphatic carbocycles. The molecule has 1 rings (SSSR count). The third-order valence-corrected chi connectivity index (χ3v) is 1.99. The molecule has 0 spiro atoms. The maximum absolute atomic E-state index is 5.67. The molecule has 2 N–H and O–H groups in total. The number of hydrogen-bond acceptors (Lipinski definition) is 3. The SMILES string of the molecule is C=Cc1ccc(CN(C)C)nc1C(=C)N. The minimum absolute atomic E-state index is 0.477. The van der Waals surface area contributed by atoms with Crippen molar-refractivity contribution in [3.63, 3.8) is 0 Å². The zero-order chi connectivity index (χ0) is 11.4. The number of aromatic nitrogens is 1. The van der Waals surface area contributed by atoms with Gasteiger partial charge in [-0.3, -0.25) is 0 Å². The van der Waals surface area contributed by atoms with Crippen LogP contribution in [0.1, 0.15) is 17.0 Å². The van der Waals surface area contributed by atoms with Crippen LogP contribution in [0, 0.1) is 0 Å². The van der Waals surface area contributed by atoms with Crippen LogP contribution in [-0.2, 0) is 6.54 Å². The maximum atomic E-state index is 5.67. The van der Waals surface area contributed by atoms with Gasteiger partial charge in [0.1, 0.15) is 0 Å². The van der Waals surface area contributed by atoms with Gasteiger partial charge in [0.15, 0.2) is 0 Å². The van der Waals surface area contributed by atoms with E-state index in [9.17, 15) is 0 Å². The van der Waals surface area contributed by atoms with Crippen LogP contribution in [0.15, 0.2) is 25.3 Å². The highest BCUT2D eigenvalue weighted by Gasteiger charge is 2.05. The molecule has 0 bridgehead atoms. The molecule has 0 aliphatic heterocycles. The first-order chi connectivity index (χ1) is 7.04. The average Bonchev–Trinajstić information content (AvgIpc) is 2.16. The van der Waals surface area contributed by atoms with Crippen LogP contribution in [0.2, 0.25) is 0 Å². The first-order valence-corrected chi connectivity index (χ1v) is 4.76. The van der Waals surface area contributed by atoms with Crippen LogP contribution in [0.5, 0.6) is 0 Å². The Morgan fingerprint density at radius 1 is 1.53 bits per heavy atom. The fourth-order valence-electron chi connectivity index (χ4n) is 1.34. The van der Waals surface area contributed by atoms with E-state index in [4.69, 9.17) is 5.73 Å². The lowest BCUT2D eigenvalue weighted by Gasteiger charge is -2.11. The number of pyridine rings is 1. The van der Waals surface area contributed by atoms with Crippen LogP contribution in [0.25, 0.3) is 11.8 Å². The van der Waals surface area contributed by atoms with E-state index in [0.29, 0.717) is 5.70 Å². The second-order valence-corrected chi connectivity index (χ2v) is 3.71. The molecule has 0 unspecified atom stereocenters. The number of nitrogens with zero attached hydrogens (tertiary/aromatic N) is 2. The van der Waals surface area contributed by atoms with E-state index in [2.05, 4.69) is 23.0 Å². The molecule has 1 aromatic heterocycles. The summed E-state index contributed by atoms with van der Waals surface area (Å²) in [4.78, 5) is 6.50. The molecular weight excluding hydrogens is 186 g/mol. The summed E-state index contributed by atoms with van der Waals surface area (Å²) in [5.74, 6) is 0. The van der Waals surface area contributed by atoms with Crippen LogP contribution in [0.4, 0.5) is 0 Å². The summed E-state index contributed by atoms with van der Waals surface area (Å²) in [5.41, 5.74) is 8.78. The zero-order valence-electron chi connectivity index (χ0n) is 9.33. The third kappa shape index (κ3) is 2.92. The molecule has 0 saturated heterocycles. The molecule has 3 nitrogen and oxygen atoms in total. The van der Waals surface area contributed by atoms with Crippen molar-refractivity contribution < 1.29 is 0 Å². The number of rotatable bonds is 4. The molecule has 0 radical (unpaired) electrons. The van der Waals surface area contributed by atoms with E-state index in [1.807, 2.05) is 26.2 Å². The van der Waals surface area contributed by atoms with E-state index < -0.39 is 0 Å². The quantitative estimate of drug-likeness (QED) is 0.810. The standard InChI is InChI=1S/C12H17N3/c1-5-10-6-7-11(8-15(3)4)14-12(10)9(2)13/h5-7H,1-2,8,13H2,3-4H3. The summed E-state index contributed by atoms with van der Waals surface area (Å²) in [6.07, 6.45) is 1.74. The van der Waals surface area contributed by atoms with Gasteiger partial charge in [-0.25, -0.2) is 4.98 Å². The Balaban J connectivity index is 3.10. The molecule has 0 aromatic carbocycles. The monoisotopic (exact) mass is 203 g/mol. The van der Waals surface area contributed by atoms with E-state index in [1.54, 1.807) is 6.08 Å². The van der Waals surface area contributed by atoms with Gasteiger partial charge in [-0.2, -0.15) is 0 Å². The minimum atomic E-state index is 0.477.